The summed E-state index contributed by atoms with van der Waals surface area (Å²) in [5.41, 5.74) is 2.74. The van der Waals surface area contributed by atoms with Crippen molar-refractivity contribution in [2.45, 2.75) is 6.92 Å². The van der Waals surface area contributed by atoms with Gasteiger partial charge in [0.05, 0.1) is 11.6 Å². The van der Waals surface area contributed by atoms with Gasteiger partial charge >= 0.3 is 0 Å². The molecule has 0 unspecified atom stereocenters. The summed E-state index contributed by atoms with van der Waals surface area (Å²) in [7, 11) is 0. The number of H-pyrrole nitrogens is 1. The first-order valence-electron chi connectivity index (χ1n) is 6.42. The van der Waals surface area contributed by atoms with Crippen LogP contribution in [0.3, 0.4) is 0 Å². The maximum Gasteiger partial charge on any atom is 0.195 e. The number of hydrogen-bond acceptors (Lipinski definition) is 2. The van der Waals surface area contributed by atoms with Crippen molar-refractivity contribution in [2.24, 2.45) is 0 Å². The van der Waals surface area contributed by atoms with Gasteiger partial charge in [0, 0.05) is 28.2 Å². The molecule has 0 fully saturated rings. The van der Waals surface area contributed by atoms with E-state index < -0.39 is 5.82 Å². The van der Waals surface area contributed by atoms with Crippen molar-refractivity contribution in [3.05, 3.63) is 70.7 Å². The number of halogens is 1. The summed E-state index contributed by atoms with van der Waals surface area (Å²) in [6.45, 7) is 1.77. The monoisotopic (exact) mass is 278 g/mol. The van der Waals surface area contributed by atoms with E-state index in [1.807, 2.05) is 0 Å². The molecule has 3 rings (SSSR count). The summed E-state index contributed by atoms with van der Waals surface area (Å²) in [5.74, 6) is -0.699. The molecule has 0 bridgehead atoms. The van der Waals surface area contributed by atoms with Crippen LogP contribution in [0.1, 0.15) is 27.0 Å². The van der Waals surface area contributed by atoms with E-state index in [0.717, 1.165) is 5.52 Å². The number of carbonyl (C=O) groups is 1. The van der Waals surface area contributed by atoms with Crippen LogP contribution in [0.25, 0.3) is 10.9 Å². The molecule has 3 aromatic rings. The molecule has 0 aliphatic carbocycles. The van der Waals surface area contributed by atoms with Crippen molar-refractivity contribution in [3.63, 3.8) is 0 Å². The van der Waals surface area contributed by atoms with Gasteiger partial charge in [-0.25, -0.2) is 4.39 Å². The van der Waals surface area contributed by atoms with Crippen LogP contribution >= 0.6 is 0 Å². The Bertz CT molecular complexity index is 903. The molecule has 0 aliphatic heterocycles. The van der Waals surface area contributed by atoms with Crippen LogP contribution in [0.4, 0.5) is 4.39 Å². The van der Waals surface area contributed by atoms with Gasteiger partial charge < -0.3 is 4.98 Å². The molecule has 4 heteroatoms. The number of rotatable bonds is 2. The van der Waals surface area contributed by atoms with Gasteiger partial charge in [-0.2, -0.15) is 5.26 Å². The largest absolute Gasteiger partial charge is 0.360 e. The van der Waals surface area contributed by atoms with E-state index in [4.69, 9.17) is 5.26 Å². The van der Waals surface area contributed by atoms with Crippen molar-refractivity contribution in [1.82, 2.24) is 4.98 Å². The van der Waals surface area contributed by atoms with E-state index >= 15 is 0 Å². The summed E-state index contributed by atoms with van der Waals surface area (Å²) >= 11 is 0. The van der Waals surface area contributed by atoms with Crippen molar-refractivity contribution >= 4 is 16.7 Å². The van der Waals surface area contributed by atoms with Crippen molar-refractivity contribution in [1.29, 1.82) is 5.26 Å². The Labute approximate surface area is 120 Å². The molecule has 1 aromatic heterocycles. The van der Waals surface area contributed by atoms with Crippen molar-refractivity contribution < 1.29 is 9.18 Å². The first-order chi connectivity index (χ1) is 10.1. The number of fused-ring (bicyclic) bond motifs is 1. The SMILES string of the molecule is Cc1ccc(F)cc1C(=O)c1c[nH]c2ccc(C#N)cc12. The molecular formula is C17H11FN2O. The second-order valence-corrected chi connectivity index (χ2v) is 4.86. The average Bonchev–Trinajstić information content (AvgIpc) is 2.91. The highest BCUT2D eigenvalue weighted by atomic mass is 19.1. The van der Waals surface area contributed by atoms with Gasteiger partial charge in [-0.1, -0.05) is 6.07 Å². The minimum atomic E-state index is -0.443. The predicted molar refractivity (Wildman–Crippen MR) is 77.6 cm³/mol. The average molecular weight is 278 g/mol. The molecular weight excluding hydrogens is 267 g/mol. The van der Waals surface area contributed by atoms with E-state index in [1.165, 1.54) is 12.1 Å². The minimum absolute atomic E-state index is 0.256. The van der Waals surface area contributed by atoms with Gasteiger partial charge in [0.15, 0.2) is 5.78 Å². The molecule has 102 valence electrons. The van der Waals surface area contributed by atoms with Crippen LogP contribution in [0, 0.1) is 24.1 Å². The Morgan fingerprint density at radius 3 is 2.76 bits per heavy atom. The summed E-state index contributed by atoms with van der Waals surface area (Å²) in [4.78, 5) is 15.6. The smallest absolute Gasteiger partial charge is 0.195 e. The molecule has 0 aliphatic rings. The third-order valence-corrected chi connectivity index (χ3v) is 3.50. The summed E-state index contributed by atoms with van der Waals surface area (Å²) in [5, 5.41) is 9.64. The van der Waals surface area contributed by atoms with E-state index in [9.17, 15) is 9.18 Å². The maximum absolute atomic E-state index is 13.4. The first kappa shape index (κ1) is 13.1. The molecule has 0 atom stereocenters. The topological polar surface area (TPSA) is 56.6 Å². The number of nitrogens with zero attached hydrogens (tertiary/aromatic N) is 1. The molecule has 1 N–H and O–H groups in total. The second kappa shape index (κ2) is 4.88. The van der Waals surface area contributed by atoms with Crippen LogP contribution in [-0.2, 0) is 0 Å². The van der Waals surface area contributed by atoms with Gasteiger partial charge in [0.1, 0.15) is 5.82 Å². The van der Waals surface area contributed by atoms with Crippen molar-refractivity contribution in [2.75, 3.05) is 0 Å². The van der Waals surface area contributed by atoms with E-state index in [2.05, 4.69) is 11.1 Å². The second-order valence-electron chi connectivity index (χ2n) is 4.86. The Hall–Kier alpha value is -2.93. The van der Waals surface area contributed by atoms with Crippen LogP contribution in [0.2, 0.25) is 0 Å². The lowest BCUT2D eigenvalue weighted by Gasteiger charge is -2.04. The Morgan fingerprint density at radius 1 is 1.19 bits per heavy atom. The Balaban J connectivity index is 2.18. The number of nitrogens with one attached hydrogen (secondary N) is 1. The van der Waals surface area contributed by atoms with Crippen LogP contribution < -0.4 is 0 Å². The Kier molecular flexibility index (Phi) is 3.03. The van der Waals surface area contributed by atoms with Gasteiger partial charge in [0.25, 0.3) is 0 Å². The molecule has 0 radical (unpaired) electrons. The highest BCUT2D eigenvalue weighted by Crippen LogP contribution is 2.24. The number of aryl methyl sites for hydroxylation is 1. The third-order valence-electron chi connectivity index (χ3n) is 3.50. The fraction of sp³-hybridized carbons (Fsp3) is 0.0588. The van der Waals surface area contributed by atoms with E-state index in [-0.39, 0.29) is 5.78 Å². The number of ketones is 1. The standard InChI is InChI=1S/C17H11FN2O/c1-10-2-4-12(18)7-13(10)17(21)15-9-20-16-5-3-11(8-19)6-14(15)16/h2-7,9,20H,1H3. The fourth-order valence-electron chi connectivity index (χ4n) is 2.36. The number of hydrogen-bond donors (Lipinski definition) is 1. The fourth-order valence-corrected chi connectivity index (χ4v) is 2.36. The zero-order valence-corrected chi connectivity index (χ0v) is 11.3. The lowest BCUT2D eigenvalue weighted by Crippen LogP contribution is -2.03. The zero-order valence-electron chi connectivity index (χ0n) is 11.3. The van der Waals surface area contributed by atoms with E-state index in [1.54, 1.807) is 37.4 Å². The minimum Gasteiger partial charge on any atom is -0.360 e. The maximum atomic E-state index is 13.4. The molecule has 2 aromatic carbocycles. The summed E-state index contributed by atoms with van der Waals surface area (Å²) in [6.07, 6.45) is 1.60. The number of benzene rings is 2. The van der Waals surface area contributed by atoms with Crippen LogP contribution in [0.15, 0.2) is 42.6 Å². The highest BCUT2D eigenvalue weighted by Gasteiger charge is 2.17. The quantitative estimate of drug-likeness (QED) is 0.726. The molecule has 1 heterocycles. The van der Waals surface area contributed by atoms with Gasteiger partial charge in [0.2, 0.25) is 0 Å². The van der Waals surface area contributed by atoms with Crippen LogP contribution in [-0.4, -0.2) is 10.8 Å². The van der Waals surface area contributed by atoms with Gasteiger partial charge in [-0.3, -0.25) is 4.79 Å². The lowest BCUT2D eigenvalue weighted by molar-refractivity contribution is 0.103. The summed E-state index contributed by atoms with van der Waals surface area (Å²) in [6, 6.07) is 11.3. The molecule has 0 spiro atoms. The van der Waals surface area contributed by atoms with Gasteiger partial charge in [-0.05, 0) is 42.8 Å². The number of nitriles is 1. The molecule has 21 heavy (non-hydrogen) atoms. The normalized spacial score (nSPS) is 10.5. The molecule has 0 amide bonds. The summed E-state index contributed by atoms with van der Waals surface area (Å²) < 4.78 is 13.4. The predicted octanol–water partition coefficient (Wildman–Crippen LogP) is 3.72. The lowest BCUT2D eigenvalue weighted by atomic mass is 9.98. The number of carbonyl (C=O) groups excluding carboxylic acids is 1. The molecule has 3 nitrogen and oxygen atoms in total. The molecule has 0 saturated carbocycles. The highest BCUT2D eigenvalue weighted by molar-refractivity contribution is 6.17. The van der Waals surface area contributed by atoms with Crippen molar-refractivity contribution in [3.8, 4) is 6.07 Å². The molecule has 0 saturated heterocycles. The first-order valence-corrected chi connectivity index (χ1v) is 6.42. The van der Waals surface area contributed by atoms with Crippen LogP contribution in [0.5, 0.6) is 0 Å². The third kappa shape index (κ3) is 2.19. The number of aromatic nitrogens is 1. The Morgan fingerprint density at radius 2 is 2.00 bits per heavy atom. The van der Waals surface area contributed by atoms with E-state index in [0.29, 0.717) is 27.6 Å². The number of aromatic amines is 1. The van der Waals surface area contributed by atoms with Gasteiger partial charge in [-0.15, -0.1) is 0 Å². The zero-order chi connectivity index (χ0) is 15.0.